The Morgan fingerprint density at radius 2 is 1.45 bits per heavy atom. The average molecular weight is 696 g/mol. The number of phenolic OH excluding ortho intramolecular Hbond substituents is 1. The highest BCUT2D eigenvalue weighted by atomic mass is 32.2. The molecule has 4 N–H and O–H groups in total. The van der Waals surface area contributed by atoms with E-state index in [1.807, 2.05) is 51.1 Å². The lowest BCUT2D eigenvalue weighted by Gasteiger charge is -2.30. The molecule has 49 heavy (non-hydrogen) atoms. The van der Waals surface area contributed by atoms with E-state index in [4.69, 9.17) is 0 Å². The number of amides is 3. The summed E-state index contributed by atoms with van der Waals surface area (Å²) in [4.78, 5) is 41.7. The molecule has 0 aliphatic rings. The van der Waals surface area contributed by atoms with Crippen LogP contribution in [0.15, 0.2) is 77.7 Å². The highest BCUT2D eigenvalue weighted by molar-refractivity contribution is 7.89. The van der Waals surface area contributed by atoms with E-state index in [2.05, 4.69) is 10.7 Å². The zero-order chi connectivity index (χ0) is 36.1. The predicted octanol–water partition coefficient (Wildman–Crippen LogP) is 3.20. The first-order chi connectivity index (χ1) is 23.3. The first-order valence-corrected chi connectivity index (χ1v) is 17.9. The number of sulfonamides is 1. The van der Waals surface area contributed by atoms with Gasteiger partial charge in [-0.25, -0.2) is 17.7 Å². The van der Waals surface area contributed by atoms with Gasteiger partial charge in [0.1, 0.15) is 5.75 Å². The molecular weight excluding hydrogens is 646 g/mol. The lowest BCUT2D eigenvalue weighted by Crippen LogP contribution is -2.53. The highest BCUT2D eigenvalue weighted by Crippen LogP contribution is 2.21. The standard InChI is InChI=1S/C36H49N5O7S/c1-6-18-40(19-7-2)36(46)29-22-28(23-31(24-29)49(47,48)39(4)5)35(45)37-32(20-27-14-16-30(42)17-15-27)33(43)25-41(8-3)38-34(44)21-26-12-10-9-11-13-26/h9-17,22-24,32-33,42-43H,6-8,18-21,25H2,1-5H3,(H,37,45)(H,38,44). The van der Waals surface area contributed by atoms with Gasteiger partial charge < -0.3 is 20.4 Å². The number of carbonyl (C=O) groups excluding carboxylic acids is 3. The summed E-state index contributed by atoms with van der Waals surface area (Å²) < 4.78 is 27.5. The molecule has 0 aliphatic heterocycles. The third-order valence-corrected chi connectivity index (χ3v) is 9.71. The zero-order valence-electron chi connectivity index (χ0n) is 28.9. The Hall–Kier alpha value is -4.30. The quantitative estimate of drug-likeness (QED) is 0.148. The van der Waals surface area contributed by atoms with E-state index in [9.17, 15) is 33.0 Å². The molecular formula is C36H49N5O7S. The number of hydrogen-bond donors (Lipinski definition) is 4. The second-order valence-electron chi connectivity index (χ2n) is 12.1. The normalized spacial score (nSPS) is 12.8. The van der Waals surface area contributed by atoms with Gasteiger partial charge in [-0.15, -0.1) is 0 Å². The van der Waals surface area contributed by atoms with Crippen molar-refractivity contribution in [3.8, 4) is 5.75 Å². The van der Waals surface area contributed by atoms with Crippen LogP contribution in [0.3, 0.4) is 0 Å². The smallest absolute Gasteiger partial charge is 0.253 e. The molecule has 3 aromatic carbocycles. The number of carbonyl (C=O) groups is 3. The fraction of sp³-hybridized carbons (Fsp3) is 0.417. The van der Waals surface area contributed by atoms with Gasteiger partial charge in [0.05, 0.1) is 23.5 Å². The molecule has 0 radical (unpaired) electrons. The van der Waals surface area contributed by atoms with Crippen LogP contribution in [0, 0.1) is 0 Å². The van der Waals surface area contributed by atoms with E-state index >= 15 is 0 Å². The second-order valence-corrected chi connectivity index (χ2v) is 14.2. The minimum absolute atomic E-state index is 0.0398. The molecule has 12 nitrogen and oxygen atoms in total. The van der Waals surface area contributed by atoms with Crippen LogP contribution in [0.25, 0.3) is 0 Å². The van der Waals surface area contributed by atoms with Gasteiger partial charge in [0.15, 0.2) is 0 Å². The molecule has 0 saturated heterocycles. The molecule has 3 aromatic rings. The summed E-state index contributed by atoms with van der Waals surface area (Å²) in [5, 5.41) is 25.7. The zero-order valence-corrected chi connectivity index (χ0v) is 29.7. The minimum Gasteiger partial charge on any atom is -0.508 e. The molecule has 0 fully saturated rings. The van der Waals surface area contributed by atoms with Crippen LogP contribution in [0.4, 0.5) is 0 Å². The number of nitrogens with zero attached hydrogens (tertiary/aromatic N) is 3. The Morgan fingerprint density at radius 3 is 2.02 bits per heavy atom. The van der Waals surface area contributed by atoms with Gasteiger partial charge in [-0.3, -0.25) is 19.8 Å². The van der Waals surface area contributed by atoms with Gasteiger partial charge in [0.2, 0.25) is 15.9 Å². The molecule has 266 valence electrons. The fourth-order valence-electron chi connectivity index (χ4n) is 5.28. The van der Waals surface area contributed by atoms with Gasteiger partial charge >= 0.3 is 0 Å². The summed E-state index contributed by atoms with van der Waals surface area (Å²) in [6.07, 6.45) is 0.488. The van der Waals surface area contributed by atoms with Crippen molar-refractivity contribution in [3.05, 3.63) is 95.1 Å². The number of rotatable bonds is 18. The Kier molecular flexibility index (Phi) is 14.7. The summed E-state index contributed by atoms with van der Waals surface area (Å²) >= 11 is 0. The Balaban J connectivity index is 1.94. The van der Waals surface area contributed by atoms with Gasteiger partial charge in [-0.1, -0.05) is 63.2 Å². The summed E-state index contributed by atoms with van der Waals surface area (Å²) in [5.41, 5.74) is 4.35. The van der Waals surface area contributed by atoms with Crippen molar-refractivity contribution in [1.29, 1.82) is 0 Å². The summed E-state index contributed by atoms with van der Waals surface area (Å²) in [6, 6.07) is 18.5. The van der Waals surface area contributed by atoms with E-state index in [1.54, 1.807) is 22.0 Å². The molecule has 0 bridgehead atoms. The maximum Gasteiger partial charge on any atom is 0.253 e. The summed E-state index contributed by atoms with van der Waals surface area (Å²) in [7, 11) is -1.29. The Bertz CT molecular complexity index is 1640. The van der Waals surface area contributed by atoms with Crippen LogP contribution >= 0.6 is 0 Å². The van der Waals surface area contributed by atoms with E-state index in [-0.39, 0.29) is 53.0 Å². The molecule has 3 amide bonds. The van der Waals surface area contributed by atoms with Crippen LogP contribution in [0.5, 0.6) is 5.75 Å². The number of aromatic hydroxyl groups is 1. The number of aliphatic hydroxyl groups is 1. The molecule has 2 unspecified atom stereocenters. The van der Waals surface area contributed by atoms with Crippen molar-refractivity contribution < 1.29 is 33.0 Å². The van der Waals surface area contributed by atoms with E-state index in [0.29, 0.717) is 38.0 Å². The number of phenols is 1. The largest absolute Gasteiger partial charge is 0.508 e. The van der Waals surface area contributed by atoms with Gasteiger partial charge in [0.25, 0.3) is 11.8 Å². The van der Waals surface area contributed by atoms with Crippen molar-refractivity contribution in [2.75, 3.05) is 40.3 Å². The van der Waals surface area contributed by atoms with E-state index in [0.717, 1.165) is 9.87 Å². The molecule has 0 aliphatic carbocycles. The van der Waals surface area contributed by atoms with Crippen molar-refractivity contribution in [2.24, 2.45) is 0 Å². The maximum atomic E-state index is 13.9. The number of nitrogens with one attached hydrogen (secondary N) is 2. The molecule has 2 atom stereocenters. The number of hydrogen-bond acceptors (Lipinski definition) is 8. The number of likely N-dealkylation sites (N-methyl/N-ethyl adjacent to an activating group) is 1. The SMILES string of the molecule is CCCN(CCC)C(=O)c1cc(C(=O)NC(Cc2ccc(O)cc2)C(O)CN(CC)NC(=O)Cc2ccccc2)cc(S(=O)(=O)N(C)C)c1. The Labute approximate surface area is 289 Å². The van der Waals surface area contributed by atoms with Gasteiger partial charge in [0, 0.05) is 51.4 Å². The molecule has 3 rings (SSSR count). The topological polar surface area (TPSA) is 160 Å². The monoisotopic (exact) mass is 695 g/mol. The predicted molar refractivity (Wildman–Crippen MR) is 188 cm³/mol. The first kappa shape index (κ1) is 39.1. The third kappa shape index (κ3) is 11.4. The maximum absolute atomic E-state index is 13.9. The van der Waals surface area contributed by atoms with Gasteiger partial charge in [-0.05, 0) is 60.7 Å². The van der Waals surface area contributed by atoms with Crippen LogP contribution in [-0.4, -0.2) is 103 Å². The molecule has 13 heteroatoms. The van der Waals surface area contributed by atoms with Gasteiger partial charge in [-0.2, -0.15) is 0 Å². The number of benzene rings is 3. The lowest BCUT2D eigenvalue weighted by atomic mass is 9.99. The number of hydrazine groups is 1. The van der Waals surface area contributed by atoms with Crippen LogP contribution in [0.2, 0.25) is 0 Å². The highest BCUT2D eigenvalue weighted by Gasteiger charge is 2.28. The van der Waals surface area contributed by atoms with Crippen LogP contribution < -0.4 is 10.7 Å². The molecule has 0 spiro atoms. The third-order valence-electron chi connectivity index (χ3n) is 7.92. The van der Waals surface area contributed by atoms with E-state index in [1.165, 1.54) is 44.4 Å². The van der Waals surface area contributed by atoms with Crippen LogP contribution in [0.1, 0.15) is 65.5 Å². The number of aliphatic hydroxyl groups excluding tert-OH is 1. The van der Waals surface area contributed by atoms with Crippen molar-refractivity contribution in [2.45, 2.75) is 63.5 Å². The molecule has 0 aromatic heterocycles. The molecule has 0 saturated carbocycles. The Morgan fingerprint density at radius 1 is 0.837 bits per heavy atom. The van der Waals surface area contributed by atoms with Crippen molar-refractivity contribution in [1.82, 2.24) is 25.0 Å². The fourth-order valence-corrected chi connectivity index (χ4v) is 6.25. The van der Waals surface area contributed by atoms with Crippen LogP contribution in [-0.2, 0) is 27.7 Å². The minimum atomic E-state index is -4.03. The average Bonchev–Trinajstić information content (AvgIpc) is 3.08. The molecule has 0 heterocycles. The van der Waals surface area contributed by atoms with Crippen molar-refractivity contribution in [3.63, 3.8) is 0 Å². The second kappa shape index (κ2) is 18.5. The van der Waals surface area contributed by atoms with E-state index < -0.39 is 28.1 Å². The summed E-state index contributed by atoms with van der Waals surface area (Å²) in [5.74, 6) is -1.30. The summed E-state index contributed by atoms with van der Waals surface area (Å²) in [6.45, 7) is 6.95. The lowest BCUT2D eigenvalue weighted by molar-refractivity contribution is -0.125. The first-order valence-electron chi connectivity index (χ1n) is 16.5. The van der Waals surface area contributed by atoms with Crippen molar-refractivity contribution >= 4 is 27.7 Å².